The first-order valence-corrected chi connectivity index (χ1v) is 9.93. The molecule has 0 aliphatic carbocycles. The number of hydrogen-bond donors (Lipinski definition) is 0. The molecular weight excluding hydrogens is 338 g/mol. The van der Waals surface area contributed by atoms with E-state index in [0.29, 0.717) is 6.42 Å². The fraction of sp³-hybridized carbons (Fsp3) is 0.467. The molecule has 2 heterocycles. The molecule has 2 rings (SSSR count). The number of rotatable bonds is 5. The van der Waals surface area contributed by atoms with Crippen LogP contribution in [0.3, 0.4) is 0 Å². The molecule has 1 aliphatic heterocycles. The minimum absolute atomic E-state index is 0.0338. The van der Waals surface area contributed by atoms with Crippen LogP contribution >= 0.6 is 11.3 Å². The van der Waals surface area contributed by atoms with Crippen molar-refractivity contribution in [2.24, 2.45) is 0 Å². The molecule has 1 aromatic rings. The Hall–Kier alpha value is -1.67. The number of nitrogens with zero attached hydrogens (tertiary/aromatic N) is 1. The van der Waals surface area contributed by atoms with Gasteiger partial charge in [-0.25, -0.2) is 13.2 Å². The van der Waals surface area contributed by atoms with E-state index in [9.17, 15) is 18.0 Å². The quantitative estimate of drug-likeness (QED) is 0.587. The van der Waals surface area contributed by atoms with Gasteiger partial charge < -0.3 is 9.64 Å². The molecule has 2 atom stereocenters. The monoisotopic (exact) mass is 357 g/mol. The Morgan fingerprint density at radius 3 is 2.78 bits per heavy atom. The Morgan fingerprint density at radius 1 is 1.48 bits per heavy atom. The number of esters is 1. The number of likely N-dealkylation sites (N-methyl/N-ethyl adjacent to an activating group) is 1. The Morgan fingerprint density at radius 2 is 2.22 bits per heavy atom. The normalized spacial score (nSPS) is 21.2. The minimum atomic E-state index is -3.07. The van der Waals surface area contributed by atoms with Crippen LogP contribution in [0.4, 0.5) is 0 Å². The van der Waals surface area contributed by atoms with E-state index in [4.69, 9.17) is 4.74 Å². The third kappa shape index (κ3) is 4.90. The first-order valence-electron chi connectivity index (χ1n) is 7.16. The largest absolute Gasteiger partial charge is 0.449 e. The SMILES string of the molecule is C[C@H](OC(=O)/C=C/c1ccsc1)C(=O)N(C)[C@@H]1CCS(=O)(=O)C1. The molecule has 1 aliphatic rings. The second-order valence-corrected chi connectivity index (χ2v) is 8.48. The van der Waals surface area contributed by atoms with Gasteiger partial charge in [-0.3, -0.25) is 4.79 Å². The standard InChI is InChI=1S/C15H19NO5S2/c1-11(21-14(17)4-3-12-5-7-22-9-12)15(18)16(2)13-6-8-23(19,20)10-13/h3-5,7,9,11,13H,6,8,10H2,1-2H3/b4-3+/t11-,13+/m0/s1. The van der Waals surface area contributed by atoms with Crippen molar-refractivity contribution in [1.29, 1.82) is 0 Å². The molecule has 1 saturated heterocycles. The Bertz CT molecular complexity index is 693. The van der Waals surface area contributed by atoms with Crippen LogP contribution in [0.15, 0.2) is 22.9 Å². The predicted molar refractivity (Wildman–Crippen MR) is 88.7 cm³/mol. The van der Waals surface area contributed by atoms with E-state index in [1.54, 1.807) is 13.1 Å². The minimum Gasteiger partial charge on any atom is -0.449 e. The molecule has 126 valence electrons. The molecule has 0 spiro atoms. The van der Waals surface area contributed by atoms with Gasteiger partial charge in [-0.2, -0.15) is 11.3 Å². The molecular formula is C15H19NO5S2. The van der Waals surface area contributed by atoms with Gasteiger partial charge in [0.25, 0.3) is 5.91 Å². The molecule has 0 aromatic carbocycles. The van der Waals surface area contributed by atoms with Crippen molar-refractivity contribution in [3.63, 3.8) is 0 Å². The van der Waals surface area contributed by atoms with E-state index >= 15 is 0 Å². The number of sulfone groups is 1. The van der Waals surface area contributed by atoms with Gasteiger partial charge in [-0.1, -0.05) is 0 Å². The Kier molecular flexibility index (Phi) is 5.59. The summed E-state index contributed by atoms with van der Waals surface area (Å²) < 4.78 is 28.0. The van der Waals surface area contributed by atoms with Crippen molar-refractivity contribution < 1.29 is 22.7 Å². The molecule has 8 heteroatoms. The number of hydrogen-bond acceptors (Lipinski definition) is 6. The fourth-order valence-electron chi connectivity index (χ4n) is 2.35. The second-order valence-electron chi connectivity index (χ2n) is 5.48. The zero-order valence-electron chi connectivity index (χ0n) is 13.0. The lowest BCUT2D eigenvalue weighted by Crippen LogP contribution is -2.44. The van der Waals surface area contributed by atoms with Crippen LogP contribution in [0.1, 0.15) is 18.9 Å². The number of thiophene rings is 1. The van der Waals surface area contributed by atoms with Crippen LogP contribution in [0, 0.1) is 0 Å². The van der Waals surface area contributed by atoms with Crippen LogP contribution in [0.25, 0.3) is 6.08 Å². The van der Waals surface area contributed by atoms with Crippen molar-refractivity contribution in [1.82, 2.24) is 4.90 Å². The Labute approximate surface area is 139 Å². The summed E-state index contributed by atoms with van der Waals surface area (Å²) in [4.78, 5) is 25.3. The molecule has 0 N–H and O–H groups in total. The summed E-state index contributed by atoms with van der Waals surface area (Å²) >= 11 is 1.51. The molecule has 0 radical (unpaired) electrons. The average molecular weight is 357 g/mol. The first-order chi connectivity index (χ1) is 10.8. The van der Waals surface area contributed by atoms with E-state index < -0.39 is 27.8 Å². The van der Waals surface area contributed by atoms with Gasteiger partial charge >= 0.3 is 5.97 Å². The predicted octanol–water partition coefficient (Wildman–Crippen LogP) is 1.34. The highest BCUT2D eigenvalue weighted by atomic mass is 32.2. The van der Waals surface area contributed by atoms with Gasteiger partial charge in [0.15, 0.2) is 15.9 Å². The molecule has 0 bridgehead atoms. The topological polar surface area (TPSA) is 80.8 Å². The lowest BCUT2D eigenvalue weighted by molar-refractivity contribution is -0.155. The molecule has 1 aromatic heterocycles. The second kappa shape index (κ2) is 7.27. The van der Waals surface area contributed by atoms with E-state index in [1.165, 1.54) is 29.2 Å². The summed E-state index contributed by atoms with van der Waals surface area (Å²) in [5.74, 6) is -0.949. The van der Waals surface area contributed by atoms with E-state index in [1.807, 2.05) is 16.8 Å². The summed E-state index contributed by atoms with van der Waals surface area (Å²) in [6, 6.07) is 1.51. The smallest absolute Gasteiger partial charge is 0.331 e. The highest BCUT2D eigenvalue weighted by Gasteiger charge is 2.34. The number of carbonyl (C=O) groups excluding carboxylic acids is 2. The maximum Gasteiger partial charge on any atom is 0.331 e. The summed E-state index contributed by atoms with van der Waals surface area (Å²) in [6.45, 7) is 1.48. The summed E-state index contributed by atoms with van der Waals surface area (Å²) in [7, 11) is -1.53. The fourth-order valence-corrected chi connectivity index (χ4v) is 4.75. The van der Waals surface area contributed by atoms with Crippen LogP contribution in [-0.4, -0.2) is 55.9 Å². The number of carbonyl (C=O) groups is 2. The molecule has 0 unspecified atom stereocenters. The van der Waals surface area contributed by atoms with Crippen LogP contribution < -0.4 is 0 Å². The van der Waals surface area contributed by atoms with Crippen molar-refractivity contribution in [3.8, 4) is 0 Å². The summed E-state index contributed by atoms with van der Waals surface area (Å²) in [5.41, 5.74) is 0.888. The molecule has 1 amide bonds. The lowest BCUT2D eigenvalue weighted by Gasteiger charge is -2.26. The van der Waals surface area contributed by atoms with Crippen molar-refractivity contribution >= 4 is 39.1 Å². The van der Waals surface area contributed by atoms with Crippen LogP contribution in [0.5, 0.6) is 0 Å². The van der Waals surface area contributed by atoms with Gasteiger partial charge in [-0.15, -0.1) is 0 Å². The zero-order chi connectivity index (χ0) is 17.0. The first kappa shape index (κ1) is 17.7. The third-order valence-electron chi connectivity index (χ3n) is 3.70. The van der Waals surface area contributed by atoms with Gasteiger partial charge in [0.05, 0.1) is 11.5 Å². The van der Waals surface area contributed by atoms with Crippen LogP contribution in [0.2, 0.25) is 0 Å². The highest BCUT2D eigenvalue weighted by Crippen LogP contribution is 2.17. The third-order valence-corrected chi connectivity index (χ3v) is 6.15. The average Bonchev–Trinajstić information content (AvgIpc) is 3.12. The maximum atomic E-state index is 12.2. The molecule has 23 heavy (non-hydrogen) atoms. The molecule has 0 saturated carbocycles. The van der Waals surface area contributed by atoms with Gasteiger partial charge in [0, 0.05) is 19.2 Å². The maximum absolute atomic E-state index is 12.2. The zero-order valence-corrected chi connectivity index (χ0v) is 14.6. The number of ether oxygens (including phenoxy) is 1. The van der Waals surface area contributed by atoms with Crippen LogP contribution in [-0.2, 0) is 24.2 Å². The van der Waals surface area contributed by atoms with Gasteiger partial charge in [0.2, 0.25) is 0 Å². The highest BCUT2D eigenvalue weighted by molar-refractivity contribution is 7.91. The number of amides is 1. The molecule has 1 fully saturated rings. The van der Waals surface area contributed by atoms with E-state index in [2.05, 4.69) is 0 Å². The van der Waals surface area contributed by atoms with E-state index in [0.717, 1.165) is 5.56 Å². The summed E-state index contributed by atoms with van der Waals surface area (Å²) in [5, 5.41) is 3.77. The van der Waals surface area contributed by atoms with Crippen molar-refractivity contribution in [2.75, 3.05) is 18.6 Å². The Balaban J connectivity index is 1.88. The van der Waals surface area contributed by atoms with Gasteiger partial charge in [0.1, 0.15) is 0 Å². The molecule has 6 nitrogen and oxygen atoms in total. The summed E-state index contributed by atoms with van der Waals surface area (Å²) in [6.07, 6.45) is 2.35. The van der Waals surface area contributed by atoms with Crippen molar-refractivity contribution in [2.45, 2.75) is 25.5 Å². The van der Waals surface area contributed by atoms with E-state index in [-0.39, 0.29) is 17.5 Å². The lowest BCUT2D eigenvalue weighted by atomic mass is 10.2. The van der Waals surface area contributed by atoms with Gasteiger partial charge in [-0.05, 0) is 41.8 Å². The van der Waals surface area contributed by atoms with Crippen molar-refractivity contribution in [3.05, 3.63) is 28.5 Å².